The minimum absolute atomic E-state index is 0.179. The highest BCUT2D eigenvalue weighted by atomic mass is 32.2. The first-order valence-electron chi connectivity index (χ1n) is 11.6. The average Bonchev–Trinajstić information content (AvgIpc) is 2.77. The number of rotatable bonds is 8. The Bertz CT molecular complexity index is 633. The quantitative estimate of drug-likeness (QED) is 0.468. The van der Waals surface area contributed by atoms with Crippen LogP contribution >= 0.6 is 0 Å². The lowest BCUT2D eigenvalue weighted by Gasteiger charge is -2.30. The second-order valence-corrected chi connectivity index (χ2v) is 11.3. The van der Waals surface area contributed by atoms with Crippen molar-refractivity contribution in [2.75, 3.05) is 72.7 Å². The Labute approximate surface area is 197 Å². The maximum Gasteiger partial charge on any atom is 0.211 e. The number of hydrogen-bond acceptors (Lipinski definition) is 7. The normalized spacial score (nSPS) is 20.7. The molecule has 1 unspecified atom stereocenters. The van der Waals surface area contributed by atoms with E-state index in [-0.39, 0.29) is 6.10 Å². The van der Waals surface area contributed by atoms with E-state index in [0.717, 1.165) is 25.7 Å². The molecule has 196 valence electrons. The number of sulfonamides is 2. The molecule has 0 saturated carbocycles. The van der Waals surface area contributed by atoms with E-state index >= 15 is 0 Å². The van der Waals surface area contributed by atoms with Crippen molar-refractivity contribution in [1.29, 1.82) is 0 Å². The van der Waals surface area contributed by atoms with Crippen LogP contribution in [0.3, 0.4) is 0 Å². The van der Waals surface area contributed by atoms with Gasteiger partial charge in [0, 0.05) is 40.4 Å². The zero-order valence-corrected chi connectivity index (χ0v) is 23.1. The zero-order valence-electron chi connectivity index (χ0n) is 21.5. The van der Waals surface area contributed by atoms with E-state index in [0.29, 0.717) is 51.9 Å². The molecule has 9 nitrogen and oxygen atoms in total. The predicted molar refractivity (Wildman–Crippen MR) is 131 cm³/mol. The summed E-state index contributed by atoms with van der Waals surface area (Å²) in [5.41, 5.74) is 0. The Morgan fingerprint density at radius 2 is 1.28 bits per heavy atom. The lowest BCUT2D eigenvalue weighted by molar-refractivity contribution is -0.00495. The third kappa shape index (κ3) is 15.5. The van der Waals surface area contributed by atoms with E-state index in [4.69, 9.17) is 14.2 Å². The maximum absolute atomic E-state index is 11.2. The lowest BCUT2D eigenvalue weighted by Crippen LogP contribution is -2.40. The molecule has 32 heavy (non-hydrogen) atoms. The van der Waals surface area contributed by atoms with Gasteiger partial charge in [-0.1, -0.05) is 27.7 Å². The zero-order chi connectivity index (χ0) is 25.2. The Balaban J connectivity index is 0. The van der Waals surface area contributed by atoms with Crippen molar-refractivity contribution in [3.05, 3.63) is 0 Å². The van der Waals surface area contributed by atoms with Crippen LogP contribution in [0.2, 0.25) is 0 Å². The summed E-state index contributed by atoms with van der Waals surface area (Å²) in [5, 5.41) is 0. The summed E-state index contributed by atoms with van der Waals surface area (Å²) in [6.07, 6.45) is 6.26. The van der Waals surface area contributed by atoms with Crippen LogP contribution in [0, 0.1) is 5.92 Å². The lowest BCUT2D eigenvalue weighted by atomic mass is 10.0. The Morgan fingerprint density at radius 1 is 0.750 bits per heavy atom. The van der Waals surface area contributed by atoms with Crippen LogP contribution in [0.1, 0.15) is 53.4 Å². The Kier molecular flexibility index (Phi) is 20.2. The van der Waals surface area contributed by atoms with Gasteiger partial charge in [-0.25, -0.2) is 25.4 Å². The molecular formula is C21H48N2O7S2. The SMILES string of the molecule is CC.CC.COCC1CCCN(S(C)(=O)=O)C1.COCCOC1CCN(S(C)(=O)=O)CC1. The molecule has 0 aromatic heterocycles. The van der Waals surface area contributed by atoms with Gasteiger partial charge in [0.1, 0.15) is 0 Å². The van der Waals surface area contributed by atoms with Gasteiger partial charge in [-0.2, -0.15) is 0 Å². The van der Waals surface area contributed by atoms with Gasteiger partial charge in [0.05, 0.1) is 38.4 Å². The minimum atomic E-state index is -3.02. The van der Waals surface area contributed by atoms with Crippen molar-refractivity contribution >= 4 is 20.0 Å². The van der Waals surface area contributed by atoms with E-state index in [1.54, 1.807) is 18.5 Å². The van der Waals surface area contributed by atoms with E-state index < -0.39 is 20.0 Å². The van der Waals surface area contributed by atoms with Gasteiger partial charge >= 0.3 is 0 Å². The second kappa shape index (κ2) is 19.1. The summed E-state index contributed by atoms with van der Waals surface area (Å²) >= 11 is 0. The molecule has 0 bridgehead atoms. The van der Waals surface area contributed by atoms with Crippen LogP contribution < -0.4 is 0 Å². The van der Waals surface area contributed by atoms with Crippen molar-refractivity contribution < 1.29 is 31.0 Å². The van der Waals surface area contributed by atoms with Gasteiger partial charge in [-0.05, 0) is 31.6 Å². The summed E-state index contributed by atoms with van der Waals surface area (Å²) in [7, 11) is -2.73. The van der Waals surface area contributed by atoms with Gasteiger partial charge in [-0.15, -0.1) is 0 Å². The molecule has 0 radical (unpaired) electrons. The molecule has 2 rings (SSSR count). The Morgan fingerprint density at radius 3 is 1.72 bits per heavy atom. The van der Waals surface area contributed by atoms with E-state index in [1.807, 2.05) is 27.7 Å². The molecule has 2 aliphatic rings. The molecule has 0 aliphatic carbocycles. The highest BCUT2D eigenvalue weighted by Crippen LogP contribution is 2.18. The third-order valence-electron chi connectivity index (χ3n) is 4.86. The molecule has 2 fully saturated rings. The van der Waals surface area contributed by atoms with Crippen molar-refractivity contribution in [1.82, 2.24) is 8.61 Å². The van der Waals surface area contributed by atoms with E-state index in [1.165, 1.54) is 16.8 Å². The van der Waals surface area contributed by atoms with Crippen molar-refractivity contribution in [2.45, 2.75) is 59.5 Å². The van der Waals surface area contributed by atoms with Gasteiger partial charge in [0.25, 0.3) is 0 Å². The van der Waals surface area contributed by atoms with Crippen LogP contribution in [0.4, 0.5) is 0 Å². The molecule has 0 amide bonds. The van der Waals surface area contributed by atoms with Crippen molar-refractivity contribution in [3.8, 4) is 0 Å². The number of nitrogens with zero attached hydrogens (tertiary/aromatic N) is 2. The van der Waals surface area contributed by atoms with Gasteiger partial charge in [-0.3, -0.25) is 0 Å². The molecule has 1 atom stereocenters. The molecule has 0 aromatic rings. The molecule has 0 N–H and O–H groups in total. The van der Waals surface area contributed by atoms with Crippen LogP contribution in [0.5, 0.6) is 0 Å². The first kappa shape index (κ1) is 33.9. The Hall–Kier alpha value is -0.300. The fourth-order valence-corrected chi connectivity index (χ4v) is 5.14. The molecule has 0 spiro atoms. The minimum Gasteiger partial charge on any atom is -0.384 e. The standard InChI is InChI=1S/C9H19NO4S.C8H17NO3S.2C2H6/c1-13-7-8-14-9-3-5-10(6-4-9)15(2,11)12;1-12-7-8-4-3-5-9(6-8)13(2,10)11;2*1-2/h9H,3-8H2,1-2H3;8H,3-7H2,1-2H3;2*1-2H3. The van der Waals surface area contributed by atoms with Gasteiger partial charge in [0.2, 0.25) is 20.0 Å². The summed E-state index contributed by atoms with van der Waals surface area (Å²) in [6.45, 7) is 12.2. The summed E-state index contributed by atoms with van der Waals surface area (Å²) in [4.78, 5) is 0. The molecule has 2 aliphatic heterocycles. The highest BCUT2D eigenvalue weighted by molar-refractivity contribution is 7.88. The number of methoxy groups -OCH3 is 2. The third-order valence-corrected chi connectivity index (χ3v) is 7.44. The second-order valence-electron chi connectivity index (χ2n) is 7.31. The highest BCUT2D eigenvalue weighted by Gasteiger charge is 2.26. The first-order chi connectivity index (χ1) is 15.1. The summed E-state index contributed by atoms with van der Waals surface area (Å²) in [6, 6.07) is 0. The first-order valence-corrected chi connectivity index (χ1v) is 15.3. The van der Waals surface area contributed by atoms with Gasteiger partial charge in [0.15, 0.2) is 0 Å². The fraction of sp³-hybridized carbons (Fsp3) is 1.00. The monoisotopic (exact) mass is 504 g/mol. The maximum atomic E-state index is 11.2. The summed E-state index contributed by atoms with van der Waals surface area (Å²) in [5.74, 6) is 0.369. The van der Waals surface area contributed by atoms with Crippen LogP contribution in [0.25, 0.3) is 0 Å². The van der Waals surface area contributed by atoms with Gasteiger partial charge < -0.3 is 14.2 Å². The number of hydrogen-bond donors (Lipinski definition) is 0. The molecule has 2 heterocycles. The molecule has 2 saturated heterocycles. The fourth-order valence-electron chi connectivity index (χ4n) is 3.33. The average molecular weight is 505 g/mol. The van der Waals surface area contributed by atoms with E-state index in [2.05, 4.69) is 0 Å². The van der Waals surface area contributed by atoms with Crippen molar-refractivity contribution in [3.63, 3.8) is 0 Å². The molecule has 11 heteroatoms. The largest absolute Gasteiger partial charge is 0.384 e. The van der Waals surface area contributed by atoms with E-state index in [9.17, 15) is 16.8 Å². The van der Waals surface area contributed by atoms with Crippen molar-refractivity contribution in [2.24, 2.45) is 5.92 Å². The number of ether oxygens (including phenoxy) is 3. The smallest absolute Gasteiger partial charge is 0.211 e. The predicted octanol–water partition coefficient (Wildman–Crippen LogP) is 2.43. The molecule has 0 aromatic carbocycles. The van der Waals surface area contributed by atoms with Crippen LogP contribution in [-0.2, 0) is 34.3 Å². The molecular weight excluding hydrogens is 456 g/mol. The van der Waals surface area contributed by atoms with Crippen LogP contribution in [0.15, 0.2) is 0 Å². The summed E-state index contributed by atoms with van der Waals surface area (Å²) < 4.78 is 63.4. The van der Waals surface area contributed by atoms with Crippen LogP contribution in [-0.4, -0.2) is 104 Å². The topological polar surface area (TPSA) is 102 Å². The number of piperidine rings is 2.